The molecule has 1 aromatic rings. The molecule has 5 heteroatoms. The van der Waals surface area contributed by atoms with Crippen molar-refractivity contribution in [2.24, 2.45) is 5.73 Å². The monoisotopic (exact) mass is 315 g/mol. The van der Waals surface area contributed by atoms with Crippen LogP contribution in [0.25, 0.3) is 0 Å². The van der Waals surface area contributed by atoms with Crippen LogP contribution in [0.1, 0.15) is 30.6 Å². The molecule has 0 radical (unpaired) electrons. The molecule has 1 unspecified atom stereocenters. The molecule has 0 saturated heterocycles. The average molecular weight is 316 g/mol. The van der Waals surface area contributed by atoms with Crippen LogP contribution in [0.5, 0.6) is 11.5 Å². The summed E-state index contributed by atoms with van der Waals surface area (Å²) < 4.78 is 11.1. The number of Topliss-reactive ketones (excluding diaryl/α,β-unsaturated/α-hetero) is 1. The van der Waals surface area contributed by atoms with E-state index in [0.717, 1.165) is 0 Å². The Balaban J connectivity index is 3.34. The van der Waals surface area contributed by atoms with Crippen LogP contribution in [0.3, 0.4) is 0 Å². The van der Waals surface area contributed by atoms with Crippen molar-refractivity contribution < 1.29 is 14.3 Å². The summed E-state index contributed by atoms with van der Waals surface area (Å²) in [5, 5.41) is 0. The molecule has 0 bridgehead atoms. The molecule has 0 spiro atoms. The van der Waals surface area contributed by atoms with Gasteiger partial charge in [-0.1, -0.05) is 6.92 Å². The van der Waals surface area contributed by atoms with Gasteiger partial charge in [-0.05, 0) is 41.4 Å². The molecule has 0 saturated carbocycles. The Morgan fingerprint density at radius 3 is 2.44 bits per heavy atom. The van der Waals surface area contributed by atoms with Gasteiger partial charge in [0, 0.05) is 0 Å². The number of carbonyl (C=O) groups excluding carboxylic acids is 1. The van der Waals surface area contributed by atoms with E-state index >= 15 is 0 Å². The minimum atomic E-state index is -0.901. The number of methoxy groups -OCH3 is 2. The quantitative estimate of drug-likeness (QED) is 0.849. The molecule has 0 heterocycles. The zero-order valence-electron chi connectivity index (χ0n) is 11.0. The topological polar surface area (TPSA) is 61.6 Å². The van der Waals surface area contributed by atoms with Gasteiger partial charge in [0.15, 0.2) is 5.78 Å². The summed E-state index contributed by atoms with van der Waals surface area (Å²) in [6.45, 7) is 3.59. The minimum absolute atomic E-state index is 0.148. The van der Waals surface area contributed by atoms with Crippen molar-refractivity contribution in [2.45, 2.75) is 25.8 Å². The predicted octanol–water partition coefficient (Wildman–Crippen LogP) is 2.78. The summed E-state index contributed by atoms with van der Waals surface area (Å²) in [6.07, 6.45) is 0.554. The first-order valence-corrected chi connectivity index (χ1v) is 6.42. The van der Waals surface area contributed by atoms with Gasteiger partial charge in [0.05, 0.1) is 25.3 Å². The maximum atomic E-state index is 12.4. The summed E-state index contributed by atoms with van der Waals surface area (Å²) in [6, 6.07) is 3.39. The molecule has 1 atom stereocenters. The van der Waals surface area contributed by atoms with Crippen LogP contribution in [0.2, 0.25) is 0 Å². The Labute approximate surface area is 116 Å². The fourth-order valence-electron chi connectivity index (χ4n) is 1.54. The zero-order chi connectivity index (χ0) is 13.9. The number of nitrogens with two attached hydrogens (primary N) is 1. The summed E-state index contributed by atoms with van der Waals surface area (Å²) in [7, 11) is 3.07. The van der Waals surface area contributed by atoms with Gasteiger partial charge >= 0.3 is 0 Å². The summed E-state index contributed by atoms with van der Waals surface area (Å²) >= 11 is 3.37. The average Bonchev–Trinajstić information content (AvgIpc) is 2.37. The molecule has 1 aromatic carbocycles. The van der Waals surface area contributed by atoms with E-state index in [1.165, 1.54) is 7.11 Å². The first-order valence-electron chi connectivity index (χ1n) is 5.63. The molecule has 0 aliphatic rings. The molecule has 4 nitrogen and oxygen atoms in total. The van der Waals surface area contributed by atoms with Crippen LogP contribution in [-0.4, -0.2) is 25.5 Å². The number of rotatable bonds is 5. The van der Waals surface area contributed by atoms with E-state index in [2.05, 4.69) is 15.9 Å². The van der Waals surface area contributed by atoms with Crippen molar-refractivity contribution in [3.8, 4) is 11.5 Å². The molecule has 0 amide bonds. The molecule has 100 valence electrons. The third-order valence-corrected chi connectivity index (χ3v) is 3.73. The van der Waals surface area contributed by atoms with E-state index in [1.807, 2.05) is 6.92 Å². The number of hydrogen-bond acceptors (Lipinski definition) is 4. The standard InChI is InChI=1S/C13H18BrNO3/c1-5-13(2,15)12(16)8-6-7-9(17-3)10(14)11(8)18-4/h6-7H,5,15H2,1-4H3. The highest BCUT2D eigenvalue weighted by atomic mass is 79.9. The predicted molar refractivity (Wildman–Crippen MR) is 74.5 cm³/mol. The lowest BCUT2D eigenvalue weighted by Gasteiger charge is -2.23. The Hall–Kier alpha value is -1.07. The number of hydrogen-bond donors (Lipinski definition) is 1. The molecule has 0 fully saturated rings. The van der Waals surface area contributed by atoms with Crippen LogP contribution in [0.15, 0.2) is 16.6 Å². The van der Waals surface area contributed by atoms with Crippen molar-refractivity contribution in [3.05, 3.63) is 22.2 Å². The van der Waals surface area contributed by atoms with Gasteiger partial charge in [-0.25, -0.2) is 0 Å². The normalized spacial score (nSPS) is 13.9. The van der Waals surface area contributed by atoms with Crippen molar-refractivity contribution in [1.82, 2.24) is 0 Å². The van der Waals surface area contributed by atoms with Gasteiger partial charge in [-0.15, -0.1) is 0 Å². The van der Waals surface area contributed by atoms with Gasteiger partial charge < -0.3 is 15.2 Å². The lowest BCUT2D eigenvalue weighted by Crippen LogP contribution is -2.44. The van der Waals surface area contributed by atoms with E-state index in [-0.39, 0.29) is 5.78 Å². The SMILES string of the molecule is CCC(C)(N)C(=O)c1ccc(OC)c(Br)c1OC. The van der Waals surface area contributed by atoms with Crippen molar-refractivity contribution in [2.75, 3.05) is 14.2 Å². The number of benzene rings is 1. The van der Waals surface area contributed by atoms with Gasteiger partial charge in [0.1, 0.15) is 16.0 Å². The zero-order valence-corrected chi connectivity index (χ0v) is 12.6. The fourth-order valence-corrected chi connectivity index (χ4v) is 2.21. The Kier molecular flexibility index (Phi) is 4.76. The van der Waals surface area contributed by atoms with Crippen molar-refractivity contribution in [3.63, 3.8) is 0 Å². The second-order valence-electron chi connectivity index (χ2n) is 4.26. The highest BCUT2D eigenvalue weighted by Gasteiger charge is 2.30. The number of ether oxygens (including phenoxy) is 2. The van der Waals surface area contributed by atoms with Crippen LogP contribution < -0.4 is 15.2 Å². The molecule has 0 aliphatic heterocycles. The van der Waals surface area contributed by atoms with Gasteiger partial charge in [-0.2, -0.15) is 0 Å². The molecule has 2 N–H and O–H groups in total. The van der Waals surface area contributed by atoms with E-state index in [4.69, 9.17) is 15.2 Å². The molecular weight excluding hydrogens is 298 g/mol. The third kappa shape index (κ3) is 2.67. The Morgan fingerprint density at radius 1 is 1.39 bits per heavy atom. The Morgan fingerprint density at radius 2 is 2.00 bits per heavy atom. The maximum absolute atomic E-state index is 12.4. The molecular formula is C13H18BrNO3. The van der Waals surface area contributed by atoms with E-state index < -0.39 is 5.54 Å². The number of ketones is 1. The number of carbonyl (C=O) groups is 1. The largest absolute Gasteiger partial charge is 0.495 e. The first-order chi connectivity index (χ1) is 8.38. The molecule has 0 aliphatic carbocycles. The lowest BCUT2D eigenvalue weighted by molar-refractivity contribution is 0.0894. The smallest absolute Gasteiger partial charge is 0.186 e. The summed E-state index contributed by atoms with van der Waals surface area (Å²) in [5.74, 6) is 0.910. The van der Waals surface area contributed by atoms with Gasteiger partial charge in [-0.3, -0.25) is 4.79 Å². The lowest BCUT2D eigenvalue weighted by atomic mass is 9.89. The fraction of sp³-hybridized carbons (Fsp3) is 0.462. The highest BCUT2D eigenvalue weighted by molar-refractivity contribution is 9.10. The molecule has 18 heavy (non-hydrogen) atoms. The maximum Gasteiger partial charge on any atom is 0.186 e. The van der Waals surface area contributed by atoms with Crippen molar-refractivity contribution in [1.29, 1.82) is 0 Å². The van der Waals surface area contributed by atoms with E-state index in [9.17, 15) is 4.79 Å². The minimum Gasteiger partial charge on any atom is -0.495 e. The second-order valence-corrected chi connectivity index (χ2v) is 5.06. The van der Waals surface area contributed by atoms with Crippen LogP contribution >= 0.6 is 15.9 Å². The van der Waals surface area contributed by atoms with E-state index in [1.54, 1.807) is 26.2 Å². The highest BCUT2D eigenvalue weighted by Crippen LogP contribution is 2.38. The first kappa shape index (κ1) is 15.0. The van der Waals surface area contributed by atoms with E-state index in [0.29, 0.717) is 28.0 Å². The molecule has 1 rings (SSSR count). The van der Waals surface area contributed by atoms with Gasteiger partial charge in [0.25, 0.3) is 0 Å². The summed E-state index contributed by atoms with van der Waals surface area (Å²) in [5.41, 5.74) is 5.54. The van der Waals surface area contributed by atoms with Crippen LogP contribution in [-0.2, 0) is 0 Å². The van der Waals surface area contributed by atoms with Crippen LogP contribution in [0, 0.1) is 0 Å². The third-order valence-electron chi connectivity index (χ3n) is 2.98. The Bertz CT molecular complexity index is 458. The number of halogens is 1. The van der Waals surface area contributed by atoms with Gasteiger partial charge in [0.2, 0.25) is 0 Å². The van der Waals surface area contributed by atoms with Crippen molar-refractivity contribution >= 4 is 21.7 Å². The summed E-state index contributed by atoms with van der Waals surface area (Å²) in [4.78, 5) is 12.4. The molecule has 0 aromatic heterocycles. The van der Waals surface area contributed by atoms with Crippen LogP contribution in [0.4, 0.5) is 0 Å². The second kappa shape index (κ2) is 5.71.